The number of aromatic nitrogens is 2. The molecule has 0 amide bonds. The summed E-state index contributed by atoms with van der Waals surface area (Å²) in [6, 6.07) is 8.43. The first-order valence-electron chi connectivity index (χ1n) is 6.63. The zero-order valence-corrected chi connectivity index (χ0v) is 12.7. The van der Waals surface area contributed by atoms with Crippen LogP contribution in [-0.2, 0) is 13.5 Å². The van der Waals surface area contributed by atoms with Crippen molar-refractivity contribution in [2.75, 3.05) is 18.5 Å². The maximum absolute atomic E-state index is 7.32. The second-order valence-electron chi connectivity index (χ2n) is 4.64. The number of nitrogens with zero attached hydrogens (tertiary/aromatic N) is 4. The Morgan fingerprint density at radius 1 is 1.24 bits per heavy atom. The number of fused-ring (bicyclic) bond motifs is 1. The molecule has 108 valence electrons. The fourth-order valence-electron chi connectivity index (χ4n) is 2.32. The maximum Gasteiger partial charge on any atom is 0.0587 e. The van der Waals surface area contributed by atoms with Crippen LogP contribution in [0, 0.1) is 24.2 Å². The van der Waals surface area contributed by atoms with E-state index in [0.29, 0.717) is 0 Å². The van der Waals surface area contributed by atoms with Gasteiger partial charge in [0.25, 0.3) is 0 Å². The maximum atomic E-state index is 7.32. The van der Waals surface area contributed by atoms with Crippen molar-refractivity contribution >= 4 is 5.69 Å². The Labute approximate surface area is 126 Å². The molecule has 0 saturated carbocycles. The molecule has 1 aliphatic rings. The molecule has 4 heteroatoms. The first-order chi connectivity index (χ1) is 10.2. The third-order valence-corrected chi connectivity index (χ3v) is 3.25. The summed E-state index contributed by atoms with van der Waals surface area (Å²) < 4.78 is 1.84. The van der Waals surface area contributed by atoms with Crippen molar-refractivity contribution in [1.29, 1.82) is 5.26 Å². The van der Waals surface area contributed by atoms with E-state index < -0.39 is 0 Å². The number of benzene rings is 1. The van der Waals surface area contributed by atoms with Crippen LogP contribution in [0.5, 0.6) is 0 Å². The zero-order valence-electron chi connectivity index (χ0n) is 12.7. The first-order valence-corrected chi connectivity index (χ1v) is 6.63. The smallest absolute Gasteiger partial charge is 0.0587 e. The number of aryl methyl sites for hydroxylation is 1. The topological polar surface area (TPSA) is 44.9 Å². The molecule has 1 aliphatic heterocycles. The fourth-order valence-corrected chi connectivity index (χ4v) is 2.32. The summed E-state index contributed by atoms with van der Waals surface area (Å²) in [5, 5.41) is 11.5. The van der Waals surface area contributed by atoms with E-state index in [0.717, 1.165) is 13.0 Å². The third-order valence-electron chi connectivity index (χ3n) is 3.25. The molecule has 0 spiro atoms. The molecule has 0 N–H and O–H groups in total. The molecule has 1 aromatic carbocycles. The van der Waals surface area contributed by atoms with Crippen LogP contribution in [0.2, 0.25) is 0 Å². The highest BCUT2D eigenvalue weighted by molar-refractivity contribution is 5.69. The Bertz CT molecular complexity index is 646. The summed E-state index contributed by atoms with van der Waals surface area (Å²) in [7, 11) is 4.10. The molecule has 3 rings (SSSR count). The lowest BCUT2D eigenvalue weighted by atomic mass is 10.0. The zero-order chi connectivity index (χ0) is 15.8. The van der Waals surface area contributed by atoms with Crippen molar-refractivity contribution in [2.24, 2.45) is 7.05 Å². The van der Waals surface area contributed by atoms with Crippen LogP contribution in [-0.4, -0.2) is 23.4 Å². The van der Waals surface area contributed by atoms with E-state index >= 15 is 0 Å². The highest BCUT2D eigenvalue weighted by Crippen LogP contribution is 2.30. The van der Waals surface area contributed by atoms with Crippen LogP contribution in [0.3, 0.4) is 0 Å². The Morgan fingerprint density at radius 3 is 2.48 bits per heavy atom. The minimum atomic E-state index is 1.13. The number of nitriles is 1. The molecule has 21 heavy (non-hydrogen) atoms. The number of hydrogen-bond acceptors (Lipinski definition) is 3. The van der Waals surface area contributed by atoms with Crippen molar-refractivity contribution in [1.82, 2.24) is 9.78 Å². The molecule has 0 fully saturated rings. The highest BCUT2D eigenvalue weighted by Gasteiger charge is 2.15. The summed E-state index contributed by atoms with van der Waals surface area (Å²) in [4.78, 5) is 2.31. The average Bonchev–Trinajstić information content (AvgIpc) is 3.08. The minimum Gasteiger partial charge on any atom is -0.374 e. The molecule has 0 unspecified atom stereocenters. The van der Waals surface area contributed by atoms with Gasteiger partial charge in [-0.25, -0.2) is 0 Å². The molecular formula is C17H20N4. The summed E-state index contributed by atoms with van der Waals surface area (Å²) in [5.74, 6) is 0. The van der Waals surface area contributed by atoms with Crippen LogP contribution < -0.4 is 4.90 Å². The number of rotatable bonds is 1. The largest absolute Gasteiger partial charge is 0.374 e. The van der Waals surface area contributed by atoms with Gasteiger partial charge in [-0.15, -0.1) is 12.8 Å². The molecule has 4 nitrogen and oxygen atoms in total. The highest BCUT2D eigenvalue weighted by atomic mass is 15.2. The Hall–Kier alpha value is -2.72. The van der Waals surface area contributed by atoms with Crippen LogP contribution in [0.4, 0.5) is 5.69 Å². The monoisotopic (exact) mass is 280 g/mol. The lowest BCUT2D eigenvalue weighted by Crippen LogP contribution is -2.12. The first kappa shape index (κ1) is 16.3. The molecular weight excluding hydrogens is 260 g/mol. The third kappa shape index (κ3) is 3.87. The van der Waals surface area contributed by atoms with Crippen LogP contribution in [0.25, 0.3) is 11.1 Å². The lowest BCUT2D eigenvalue weighted by Gasteiger charge is -2.11. The normalized spacial score (nSPS) is 11.3. The van der Waals surface area contributed by atoms with E-state index in [1.807, 2.05) is 17.9 Å². The van der Waals surface area contributed by atoms with Gasteiger partial charge in [0, 0.05) is 45.0 Å². The second-order valence-corrected chi connectivity index (χ2v) is 4.64. The molecule has 0 radical (unpaired) electrons. The van der Waals surface area contributed by atoms with Crippen molar-refractivity contribution in [2.45, 2.75) is 13.3 Å². The van der Waals surface area contributed by atoms with Crippen molar-refractivity contribution in [3.05, 3.63) is 36.2 Å². The minimum absolute atomic E-state index is 1.13. The second kappa shape index (κ2) is 7.77. The summed E-state index contributed by atoms with van der Waals surface area (Å²) >= 11 is 0. The number of hydrogen-bond donors (Lipinski definition) is 0. The number of terminal acetylenes is 1. The number of likely N-dealkylation sites (N-methyl/N-ethyl adjacent to an activating group) is 1. The molecule has 0 saturated heterocycles. The lowest BCUT2D eigenvalue weighted by molar-refractivity contribution is 0.768. The molecule has 1 aromatic heterocycles. The van der Waals surface area contributed by atoms with Gasteiger partial charge in [-0.05, 0) is 29.7 Å². The van der Waals surface area contributed by atoms with E-state index in [9.17, 15) is 0 Å². The fraction of sp³-hybridized carbons (Fsp3) is 0.294. The summed E-state index contributed by atoms with van der Waals surface area (Å²) in [5.41, 5.74) is 5.28. The van der Waals surface area contributed by atoms with E-state index in [2.05, 4.69) is 54.3 Å². The van der Waals surface area contributed by atoms with Gasteiger partial charge in [-0.2, -0.15) is 10.4 Å². The van der Waals surface area contributed by atoms with Crippen LogP contribution in [0.15, 0.2) is 30.6 Å². The molecule has 2 heterocycles. The molecule has 0 bridgehead atoms. The molecule has 0 aliphatic carbocycles. The van der Waals surface area contributed by atoms with Crippen molar-refractivity contribution in [3.8, 4) is 30.0 Å². The van der Waals surface area contributed by atoms with Crippen LogP contribution >= 0.6 is 0 Å². The van der Waals surface area contributed by atoms with Gasteiger partial charge in [-0.1, -0.05) is 6.07 Å². The average molecular weight is 280 g/mol. The van der Waals surface area contributed by atoms with Gasteiger partial charge in [0.05, 0.1) is 12.3 Å². The van der Waals surface area contributed by atoms with Crippen LogP contribution in [0.1, 0.15) is 12.5 Å². The Morgan fingerprint density at radius 2 is 1.90 bits per heavy atom. The van der Waals surface area contributed by atoms with E-state index in [4.69, 9.17) is 5.26 Å². The SMILES string of the molecule is C#C.CC#N.CN1CCc2cc(-c3cnn(C)c3)ccc21. The van der Waals surface area contributed by atoms with E-state index in [1.165, 1.54) is 29.3 Å². The van der Waals surface area contributed by atoms with Gasteiger partial charge in [-0.3, -0.25) is 4.68 Å². The molecule has 2 aromatic rings. The summed E-state index contributed by atoms with van der Waals surface area (Å²) in [6.07, 6.45) is 13.1. The molecule has 0 atom stereocenters. The van der Waals surface area contributed by atoms with Gasteiger partial charge in [0.2, 0.25) is 0 Å². The van der Waals surface area contributed by atoms with Crippen molar-refractivity contribution < 1.29 is 0 Å². The number of anilines is 1. The van der Waals surface area contributed by atoms with Crippen molar-refractivity contribution in [3.63, 3.8) is 0 Å². The summed E-state index contributed by atoms with van der Waals surface area (Å²) in [6.45, 7) is 2.56. The van der Waals surface area contributed by atoms with E-state index in [1.54, 1.807) is 6.07 Å². The van der Waals surface area contributed by atoms with Gasteiger partial charge in [0.1, 0.15) is 0 Å². The standard InChI is InChI=1S/C13H15N3.C2H3N.C2H2/c1-15-6-5-11-7-10(3-4-13(11)15)12-8-14-16(2)9-12;1-2-3;1-2/h3-4,7-9H,5-6H2,1-2H3;1H3;1-2H. The predicted molar refractivity (Wildman–Crippen MR) is 86.8 cm³/mol. The van der Waals surface area contributed by atoms with Gasteiger partial charge >= 0.3 is 0 Å². The quantitative estimate of drug-likeness (QED) is 0.755. The van der Waals surface area contributed by atoms with E-state index in [-0.39, 0.29) is 0 Å². The van der Waals surface area contributed by atoms with Gasteiger partial charge < -0.3 is 4.90 Å². The predicted octanol–water partition coefficient (Wildman–Crippen LogP) is 2.86. The Kier molecular flexibility index (Phi) is 6.04. The van der Waals surface area contributed by atoms with Gasteiger partial charge in [0.15, 0.2) is 0 Å². The Balaban J connectivity index is 0.000000395.